The second kappa shape index (κ2) is 9.46. The van der Waals surface area contributed by atoms with Gasteiger partial charge < -0.3 is 8.85 Å². The molecule has 0 aromatic carbocycles. The van der Waals surface area contributed by atoms with E-state index < -0.39 is 8.56 Å². The minimum atomic E-state index is -1.92. The van der Waals surface area contributed by atoms with E-state index in [0.29, 0.717) is 6.61 Å². The minimum Gasteiger partial charge on any atom is -0.395 e. The molecular weight excluding hydrogens is 240 g/mol. The fraction of sp³-hybridized carbons (Fsp3) is 1.00. The first-order valence-corrected chi connectivity index (χ1v) is 9.65. The summed E-state index contributed by atoms with van der Waals surface area (Å²) in [4.78, 5) is 0. The Kier molecular flexibility index (Phi) is 9.71. The van der Waals surface area contributed by atoms with Crippen LogP contribution in [0.5, 0.6) is 0 Å². The Bertz CT molecular complexity index is 163. The van der Waals surface area contributed by atoms with Crippen molar-refractivity contribution in [3.8, 4) is 0 Å². The molecule has 0 fully saturated rings. The lowest BCUT2D eigenvalue weighted by atomic mass is 10.2. The van der Waals surface area contributed by atoms with E-state index in [1.54, 1.807) is 0 Å². The van der Waals surface area contributed by atoms with Crippen LogP contribution in [0.25, 0.3) is 0 Å². The lowest BCUT2D eigenvalue weighted by Crippen LogP contribution is -2.36. The average molecular weight is 267 g/mol. The highest BCUT2D eigenvalue weighted by atomic mass is 35.5. The lowest BCUT2D eigenvalue weighted by Gasteiger charge is -2.23. The Morgan fingerprint density at radius 1 is 1.06 bits per heavy atom. The van der Waals surface area contributed by atoms with Crippen molar-refractivity contribution < 1.29 is 8.85 Å². The van der Waals surface area contributed by atoms with Crippen LogP contribution in [0.4, 0.5) is 0 Å². The molecule has 16 heavy (non-hydrogen) atoms. The summed E-state index contributed by atoms with van der Waals surface area (Å²) in [6, 6.07) is 0. The molecule has 0 rings (SSSR count). The summed E-state index contributed by atoms with van der Waals surface area (Å²) in [6.07, 6.45) is 6.36. The Morgan fingerprint density at radius 3 is 2.25 bits per heavy atom. The smallest absolute Gasteiger partial charge is 0.331 e. The lowest BCUT2D eigenvalue weighted by molar-refractivity contribution is 0.177. The van der Waals surface area contributed by atoms with Crippen molar-refractivity contribution in [2.24, 2.45) is 0 Å². The van der Waals surface area contributed by atoms with E-state index in [9.17, 15) is 0 Å². The Morgan fingerprint density at radius 2 is 1.69 bits per heavy atom. The van der Waals surface area contributed by atoms with Gasteiger partial charge >= 0.3 is 8.56 Å². The number of hydrogen-bond donors (Lipinski definition) is 0. The average Bonchev–Trinajstić information content (AvgIpc) is 2.21. The van der Waals surface area contributed by atoms with Gasteiger partial charge in [0.15, 0.2) is 0 Å². The second-order valence-electron chi connectivity index (χ2n) is 4.75. The van der Waals surface area contributed by atoms with Gasteiger partial charge in [-0.05, 0) is 26.4 Å². The molecule has 0 aromatic rings. The van der Waals surface area contributed by atoms with Crippen LogP contribution in [-0.4, -0.2) is 27.2 Å². The van der Waals surface area contributed by atoms with E-state index in [-0.39, 0.29) is 5.38 Å². The molecule has 0 aromatic heterocycles. The Balaban J connectivity index is 3.42. The summed E-state index contributed by atoms with van der Waals surface area (Å²) >= 11 is 5.84. The van der Waals surface area contributed by atoms with Gasteiger partial charge in [-0.2, -0.15) is 0 Å². The van der Waals surface area contributed by atoms with Crippen molar-refractivity contribution in [3.05, 3.63) is 0 Å². The van der Waals surface area contributed by atoms with Crippen LogP contribution in [0.15, 0.2) is 0 Å². The van der Waals surface area contributed by atoms with Crippen LogP contribution in [-0.2, 0) is 8.85 Å². The highest BCUT2D eigenvalue weighted by molar-refractivity contribution is 6.64. The topological polar surface area (TPSA) is 18.5 Å². The molecule has 0 bridgehead atoms. The van der Waals surface area contributed by atoms with Gasteiger partial charge in [-0.15, -0.1) is 11.6 Å². The van der Waals surface area contributed by atoms with Crippen molar-refractivity contribution in [3.63, 3.8) is 0 Å². The largest absolute Gasteiger partial charge is 0.395 e. The maximum Gasteiger partial charge on any atom is 0.331 e. The van der Waals surface area contributed by atoms with Gasteiger partial charge in [0.2, 0.25) is 0 Å². The van der Waals surface area contributed by atoms with E-state index in [4.69, 9.17) is 20.5 Å². The molecule has 0 saturated carbocycles. The molecule has 4 heteroatoms. The molecule has 0 aliphatic rings. The first-order valence-electron chi connectivity index (χ1n) is 6.40. The molecule has 0 heterocycles. The summed E-state index contributed by atoms with van der Waals surface area (Å²) in [5, 5.41) is 0.0694. The molecule has 0 aliphatic carbocycles. The van der Waals surface area contributed by atoms with Gasteiger partial charge in [0.05, 0.1) is 12.0 Å². The second-order valence-corrected chi connectivity index (χ2v) is 8.88. The molecule has 0 spiro atoms. The maximum absolute atomic E-state index is 5.84. The third-order valence-electron chi connectivity index (χ3n) is 2.36. The molecule has 0 N–H and O–H groups in total. The molecule has 98 valence electrons. The van der Waals surface area contributed by atoms with Gasteiger partial charge in [0.25, 0.3) is 0 Å². The van der Waals surface area contributed by atoms with Crippen molar-refractivity contribution in [1.29, 1.82) is 0 Å². The summed E-state index contributed by atoms with van der Waals surface area (Å²) in [6.45, 7) is 9.76. The van der Waals surface area contributed by atoms with E-state index in [1.165, 1.54) is 25.7 Å². The zero-order valence-corrected chi connectivity index (χ0v) is 13.0. The number of alkyl halides is 1. The highest BCUT2D eigenvalue weighted by Gasteiger charge is 2.24. The minimum absolute atomic E-state index is 0.0694. The summed E-state index contributed by atoms with van der Waals surface area (Å²) in [5.41, 5.74) is 0. The predicted octanol–water partition coefficient (Wildman–Crippen LogP) is 4.32. The maximum atomic E-state index is 5.84. The standard InChI is InChI=1S/C12H27ClO2Si/c1-5-6-7-8-9-10-14-16(3,4)15-11-12(2)13/h12H,5-11H2,1-4H3. The first-order chi connectivity index (χ1) is 7.48. The van der Waals surface area contributed by atoms with Gasteiger partial charge in [0.1, 0.15) is 0 Å². The zero-order chi connectivity index (χ0) is 12.4. The molecule has 0 saturated heterocycles. The first kappa shape index (κ1) is 16.4. The van der Waals surface area contributed by atoms with Gasteiger partial charge in [-0.3, -0.25) is 0 Å². The van der Waals surface area contributed by atoms with Gasteiger partial charge in [-0.25, -0.2) is 0 Å². The molecule has 0 amide bonds. The van der Waals surface area contributed by atoms with Crippen molar-refractivity contribution >= 4 is 20.2 Å². The predicted molar refractivity (Wildman–Crippen MR) is 73.5 cm³/mol. The van der Waals surface area contributed by atoms with Gasteiger partial charge in [0, 0.05) is 6.61 Å². The summed E-state index contributed by atoms with van der Waals surface area (Å²) in [7, 11) is -1.92. The number of unbranched alkanes of at least 4 members (excludes halogenated alkanes) is 4. The molecule has 0 aliphatic heterocycles. The number of halogens is 1. The number of rotatable bonds is 10. The fourth-order valence-electron chi connectivity index (χ4n) is 1.38. The van der Waals surface area contributed by atoms with Crippen LogP contribution in [0.3, 0.4) is 0 Å². The number of hydrogen-bond acceptors (Lipinski definition) is 2. The van der Waals surface area contributed by atoms with E-state index >= 15 is 0 Å². The van der Waals surface area contributed by atoms with Crippen LogP contribution in [0.2, 0.25) is 13.1 Å². The molecule has 1 unspecified atom stereocenters. The third-order valence-corrected chi connectivity index (χ3v) is 4.25. The normalized spacial score (nSPS) is 14.1. The Labute approximate surface area is 107 Å². The van der Waals surface area contributed by atoms with Crippen molar-refractivity contribution in [1.82, 2.24) is 0 Å². The Hall–Kier alpha value is 0.427. The molecule has 2 nitrogen and oxygen atoms in total. The van der Waals surface area contributed by atoms with Crippen LogP contribution < -0.4 is 0 Å². The fourth-order valence-corrected chi connectivity index (χ4v) is 2.92. The van der Waals surface area contributed by atoms with E-state index in [0.717, 1.165) is 13.0 Å². The molecule has 0 radical (unpaired) electrons. The van der Waals surface area contributed by atoms with Crippen LogP contribution in [0.1, 0.15) is 46.0 Å². The summed E-state index contributed by atoms with van der Waals surface area (Å²) in [5.74, 6) is 0. The zero-order valence-electron chi connectivity index (χ0n) is 11.2. The van der Waals surface area contributed by atoms with E-state index in [1.807, 2.05) is 6.92 Å². The third kappa shape index (κ3) is 10.9. The molecular formula is C12H27ClO2Si. The molecule has 1 atom stereocenters. The quantitative estimate of drug-likeness (QED) is 0.333. The summed E-state index contributed by atoms with van der Waals surface area (Å²) < 4.78 is 11.5. The SMILES string of the molecule is CCCCCCCO[Si](C)(C)OCC(C)Cl. The van der Waals surface area contributed by atoms with Crippen LogP contribution >= 0.6 is 11.6 Å². The van der Waals surface area contributed by atoms with Crippen LogP contribution in [0, 0.1) is 0 Å². The van der Waals surface area contributed by atoms with Crippen molar-refractivity contribution in [2.45, 2.75) is 64.4 Å². The van der Waals surface area contributed by atoms with Gasteiger partial charge in [-0.1, -0.05) is 32.6 Å². The van der Waals surface area contributed by atoms with E-state index in [2.05, 4.69) is 20.0 Å². The highest BCUT2D eigenvalue weighted by Crippen LogP contribution is 2.10. The monoisotopic (exact) mass is 266 g/mol. The van der Waals surface area contributed by atoms with Crippen molar-refractivity contribution in [2.75, 3.05) is 13.2 Å².